The molecule has 0 saturated heterocycles. The molecule has 7 nitrogen and oxygen atoms in total. The van der Waals surface area contributed by atoms with Gasteiger partial charge in [0.25, 0.3) is 0 Å². The lowest BCUT2D eigenvalue weighted by molar-refractivity contribution is 0.174. The highest BCUT2D eigenvalue weighted by molar-refractivity contribution is 5.90. The molecule has 7 heteroatoms. The molecule has 4 rings (SSSR count). The van der Waals surface area contributed by atoms with Crippen LogP contribution >= 0.6 is 0 Å². The number of urea groups is 1. The van der Waals surface area contributed by atoms with Crippen LogP contribution in [-0.2, 0) is 19.5 Å². The molecule has 0 radical (unpaired) electrons. The zero-order valence-corrected chi connectivity index (χ0v) is 14.3. The predicted molar refractivity (Wildman–Crippen MR) is 91.4 cm³/mol. The Morgan fingerprint density at radius 1 is 1.28 bits per heavy atom. The molecule has 0 aliphatic carbocycles. The molecule has 1 aromatic carbocycles. The van der Waals surface area contributed by atoms with E-state index in [-0.39, 0.29) is 12.8 Å². The summed E-state index contributed by atoms with van der Waals surface area (Å²) in [5, 5.41) is 2.90. The van der Waals surface area contributed by atoms with Gasteiger partial charge in [0.05, 0.1) is 18.8 Å². The number of benzene rings is 1. The van der Waals surface area contributed by atoms with Gasteiger partial charge in [-0.3, -0.25) is 0 Å². The summed E-state index contributed by atoms with van der Waals surface area (Å²) in [5.41, 5.74) is 2.62. The summed E-state index contributed by atoms with van der Waals surface area (Å²) in [6, 6.07) is 5.20. The van der Waals surface area contributed by atoms with E-state index in [1.165, 1.54) is 0 Å². The number of hydrogen-bond acceptors (Lipinski definition) is 5. The Morgan fingerprint density at radius 2 is 2.12 bits per heavy atom. The van der Waals surface area contributed by atoms with E-state index in [1.807, 2.05) is 6.20 Å². The molecule has 1 N–H and O–H groups in total. The van der Waals surface area contributed by atoms with Gasteiger partial charge in [-0.1, -0.05) is 13.8 Å². The minimum Gasteiger partial charge on any atom is -0.454 e. The zero-order chi connectivity index (χ0) is 17.4. The molecule has 0 fully saturated rings. The number of amides is 2. The topological polar surface area (TPSA) is 76.6 Å². The van der Waals surface area contributed by atoms with E-state index < -0.39 is 0 Å². The molecule has 130 valence electrons. The first-order chi connectivity index (χ1) is 12.1. The number of hydrogen-bond donors (Lipinski definition) is 1. The van der Waals surface area contributed by atoms with Gasteiger partial charge in [0.15, 0.2) is 11.5 Å². The summed E-state index contributed by atoms with van der Waals surface area (Å²) in [6.45, 7) is 5.52. The van der Waals surface area contributed by atoms with E-state index in [4.69, 9.17) is 9.47 Å². The van der Waals surface area contributed by atoms with Crippen LogP contribution < -0.4 is 14.8 Å². The van der Waals surface area contributed by atoms with E-state index in [1.54, 1.807) is 23.1 Å². The Kier molecular flexibility index (Phi) is 3.91. The highest BCUT2D eigenvalue weighted by Crippen LogP contribution is 2.34. The van der Waals surface area contributed by atoms with Gasteiger partial charge >= 0.3 is 6.03 Å². The fraction of sp³-hybridized carbons (Fsp3) is 0.389. The molecule has 2 aromatic rings. The molecule has 25 heavy (non-hydrogen) atoms. The number of nitrogens with zero attached hydrogens (tertiary/aromatic N) is 3. The first kappa shape index (κ1) is 15.7. The van der Waals surface area contributed by atoms with Crippen LogP contribution in [0.15, 0.2) is 24.4 Å². The third-order valence-electron chi connectivity index (χ3n) is 4.21. The zero-order valence-electron chi connectivity index (χ0n) is 14.3. The van der Waals surface area contributed by atoms with Crippen molar-refractivity contribution in [2.24, 2.45) is 5.92 Å². The second-order valence-electron chi connectivity index (χ2n) is 6.71. The van der Waals surface area contributed by atoms with Crippen molar-refractivity contribution >= 4 is 11.7 Å². The maximum atomic E-state index is 12.5. The molecular weight excluding hydrogens is 320 g/mol. The molecule has 0 saturated carbocycles. The van der Waals surface area contributed by atoms with Crippen molar-refractivity contribution in [3.8, 4) is 11.5 Å². The van der Waals surface area contributed by atoms with E-state index >= 15 is 0 Å². The van der Waals surface area contributed by atoms with Crippen LogP contribution in [0.1, 0.15) is 30.9 Å². The maximum absolute atomic E-state index is 12.5. The number of nitrogens with one attached hydrogen (secondary N) is 1. The summed E-state index contributed by atoms with van der Waals surface area (Å²) in [4.78, 5) is 23.3. The van der Waals surface area contributed by atoms with Crippen molar-refractivity contribution in [1.29, 1.82) is 0 Å². The Morgan fingerprint density at radius 3 is 2.96 bits per heavy atom. The van der Waals surface area contributed by atoms with Crippen molar-refractivity contribution in [3.63, 3.8) is 0 Å². The van der Waals surface area contributed by atoms with E-state index in [9.17, 15) is 4.79 Å². The van der Waals surface area contributed by atoms with Gasteiger partial charge in [0, 0.05) is 29.9 Å². The molecule has 0 atom stereocenters. The number of aromatic nitrogens is 2. The van der Waals surface area contributed by atoms with Gasteiger partial charge in [-0.25, -0.2) is 14.8 Å². The maximum Gasteiger partial charge on any atom is 0.322 e. The smallest absolute Gasteiger partial charge is 0.322 e. The molecule has 0 bridgehead atoms. The molecular formula is C18H20N4O3. The standard InChI is InChI=1S/C18H20N4O3/c1-11(2)5-17-19-7-12-8-22(9-14(12)21-17)18(23)20-13-3-4-15-16(6-13)25-10-24-15/h3-4,6-7,11H,5,8-10H2,1-2H3,(H,20,23). The van der Waals surface area contributed by atoms with Crippen LogP contribution in [0.3, 0.4) is 0 Å². The lowest BCUT2D eigenvalue weighted by Crippen LogP contribution is -2.30. The number of rotatable bonds is 3. The Hall–Kier alpha value is -2.83. The van der Waals surface area contributed by atoms with Crippen molar-refractivity contribution in [2.45, 2.75) is 33.4 Å². The van der Waals surface area contributed by atoms with Gasteiger partial charge in [-0.2, -0.15) is 0 Å². The van der Waals surface area contributed by atoms with Crippen LogP contribution in [0.25, 0.3) is 0 Å². The number of fused-ring (bicyclic) bond motifs is 2. The van der Waals surface area contributed by atoms with Gasteiger partial charge in [0.2, 0.25) is 6.79 Å². The summed E-state index contributed by atoms with van der Waals surface area (Å²) >= 11 is 0. The van der Waals surface area contributed by atoms with Crippen LogP contribution in [0.4, 0.5) is 10.5 Å². The normalized spacial score (nSPS) is 14.8. The van der Waals surface area contributed by atoms with Crippen LogP contribution in [-0.4, -0.2) is 27.7 Å². The number of anilines is 1. The van der Waals surface area contributed by atoms with Crippen LogP contribution in [0.5, 0.6) is 11.5 Å². The molecule has 2 aliphatic rings. The largest absolute Gasteiger partial charge is 0.454 e. The van der Waals surface area contributed by atoms with Gasteiger partial charge < -0.3 is 19.7 Å². The third-order valence-corrected chi connectivity index (χ3v) is 4.21. The second-order valence-corrected chi connectivity index (χ2v) is 6.71. The van der Waals surface area contributed by atoms with E-state index in [2.05, 4.69) is 29.1 Å². The van der Waals surface area contributed by atoms with Crippen LogP contribution in [0, 0.1) is 5.92 Å². The molecule has 2 aliphatic heterocycles. The third kappa shape index (κ3) is 3.22. The van der Waals surface area contributed by atoms with Gasteiger partial charge in [-0.15, -0.1) is 0 Å². The summed E-state index contributed by atoms with van der Waals surface area (Å²) in [7, 11) is 0. The molecule has 2 amide bonds. The predicted octanol–water partition coefficient (Wildman–Crippen LogP) is 2.95. The number of carbonyl (C=O) groups is 1. The number of ether oxygens (including phenoxy) is 2. The van der Waals surface area contributed by atoms with Crippen molar-refractivity contribution in [3.05, 3.63) is 41.5 Å². The first-order valence-electron chi connectivity index (χ1n) is 8.38. The summed E-state index contributed by atoms with van der Waals surface area (Å²) < 4.78 is 10.6. The first-order valence-corrected chi connectivity index (χ1v) is 8.38. The average molecular weight is 340 g/mol. The minimum absolute atomic E-state index is 0.165. The second kappa shape index (κ2) is 6.23. The lowest BCUT2D eigenvalue weighted by Gasteiger charge is -2.16. The quantitative estimate of drug-likeness (QED) is 0.929. The van der Waals surface area contributed by atoms with Gasteiger partial charge in [-0.05, 0) is 18.1 Å². The van der Waals surface area contributed by atoms with Crippen molar-refractivity contribution < 1.29 is 14.3 Å². The molecule has 0 spiro atoms. The number of carbonyl (C=O) groups excluding carboxylic acids is 1. The molecule has 3 heterocycles. The molecule has 1 aromatic heterocycles. The Balaban J connectivity index is 1.43. The highest BCUT2D eigenvalue weighted by Gasteiger charge is 2.26. The van der Waals surface area contributed by atoms with E-state index in [0.29, 0.717) is 36.2 Å². The Labute approximate surface area is 146 Å². The molecule has 0 unspecified atom stereocenters. The van der Waals surface area contributed by atoms with Gasteiger partial charge in [0.1, 0.15) is 5.82 Å². The average Bonchev–Trinajstić information content (AvgIpc) is 3.19. The fourth-order valence-electron chi connectivity index (χ4n) is 2.98. The highest BCUT2D eigenvalue weighted by atomic mass is 16.7. The SMILES string of the molecule is CC(C)Cc1ncc2c(n1)CN(C(=O)Nc1ccc3c(c1)OCO3)C2. The van der Waals surface area contributed by atoms with Crippen molar-refractivity contribution in [1.82, 2.24) is 14.9 Å². The van der Waals surface area contributed by atoms with E-state index in [0.717, 1.165) is 23.5 Å². The van der Waals surface area contributed by atoms with Crippen LogP contribution in [0.2, 0.25) is 0 Å². The minimum atomic E-state index is -0.165. The summed E-state index contributed by atoms with van der Waals surface area (Å²) in [5.74, 6) is 2.68. The fourth-order valence-corrected chi connectivity index (χ4v) is 2.98. The monoisotopic (exact) mass is 340 g/mol. The van der Waals surface area contributed by atoms with Crippen molar-refractivity contribution in [2.75, 3.05) is 12.1 Å². The lowest BCUT2D eigenvalue weighted by atomic mass is 10.1. The Bertz CT molecular complexity index is 822. The summed E-state index contributed by atoms with van der Waals surface area (Å²) in [6.07, 6.45) is 2.69.